The minimum atomic E-state index is 0.726. The van der Waals surface area contributed by atoms with Crippen LogP contribution in [0.5, 0.6) is 0 Å². The molecule has 3 aromatic rings. The molecule has 15 heavy (non-hydrogen) atoms. The molecule has 3 aromatic heterocycles. The Labute approximate surface area is 89.4 Å². The summed E-state index contributed by atoms with van der Waals surface area (Å²) < 4.78 is 3.80. The highest BCUT2D eigenvalue weighted by atomic mass is 32.1. The zero-order chi connectivity index (χ0) is 10.3. The molecule has 0 saturated carbocycles. The first-order chi connectivity index (χ1) is 7.33. The fourth-order valence-electron chi connectivity index (χ4n) is 1.39. The quantitative estimate of drug-likeness (QED) is 0.674. The number of imidazole rings is 1. The van der Waals surface area contributed by atoms with Crippen LogP contribution in [0.4, 0.5) is 0 Å². The fourth-order valence-corrected chi connectivity index (χ4v) is 1.85. The van der Waals surface area contributed by atoms with Crippen LogP contribution >= 0.6 is 11.5 Å². The summed E-state index contributed by atoms with van der Waals surface area (Å²) in [6.07, 6.45) is 3.49. The number of nitrogens with zero attached hydrogens (tertiary/aromatic N) is 4. The molecule has 0 radical (unpaired) electrons. The van der Waals surface area contributed by atoms with E-state index in [-0.39, 0.29) is 0 Å². The number of aromatic nitrogens is 5. The Kier molecular flexibility index (Phi) is 1.75. The lowest BCUT2D eigenvalue weighted by Gasteiger charge is -1.88. The van der Waals surface area contributed by atoms with Gasteiger partial charge in [0.1, 0.15) is 4.88 Å². The van der Waals surface area contributed by atoms with Gasteiger partial charge >= 0.3 is 0 Å². The molecule has 3 rings (SSSR count). The third kappa shape index (κ3) is 1.39. The molecule has 1 N–H and O–H groups in total. The summed E-state index contributed by atoms with van der Waals surface area (Å²) >= 11 is 1.31. The molecule has 3 heterocycles. The van der Waals surface area contributed by atoms with Gasteiger partial charge in [-0.25, -0.2) is 9.97 Å². The zero-order valence-electron chi connectivity index (χ0n) is 7.93. The molecule has 0 fully saturated rings. The van der Waals surface area contributed by atoms with Crippen LogP contribution in [0.25, 0.3) is 21.9 Å². The van der Waals surface area contributed by atoms with Crippen LogP contribution in [-0.4, -0.2) is 24.5 Å². The molecular formula is C9H7N5S. The van der Waals surface area contributed by atoms with Gasteiger partial charge in [-0.05, 0) is 30.1 Å². The van der Waals surface area contributed by atoms with Crippen molar-refractivity contribution in [3.63, 3.8) is 0 Å². The maximum atomic E-state index is 4.36. The Hall–Kier alpha value is -1.82. The first-order valence-electron chi connectivity index (χ1n) is 4.43. The third-order valence-corrected chi connectivity index (χ3v) is 2.74. The minimum absolute atomic E-state index is 0.726. The SMILES string of the molecule is Cc1cnc2nc(-c3cnns3)[nH]c2c1. The first kappa shape index (κ1) is 8.49. The number of nitrogens with one attached hydrogen (secondary N) is 1. The molecule has 0 aromatic carbocycles. The van der Waals surface area contributed by atoms with Crippen molar-refractivity contribution in [2.75, 3.05) is 0 Å². The molecule has 74 valence electrons. The van der Waals surface area contributed by atoms with Crippen molar-refractivity contribution in [1.82, 2.24) is 24.5 Å². The molecule has 0 aliphatic rings. The molecule has 0 bridgehead atoms. The molecule has 0 saturated heterocycles. The lowest BCUT2D eigenvalue weighted by molar-refractivity contribution is 1.15. The van der Waals surface area contributed by atoms with E-state index in [4.69, 9.17) is 0 Å². The van der Waals surface area contributed by atoms with Gasteiger partial charge in [0.2, 0.25) is 0 Å². The van der Waals surface area contributed by atoms with Crippen molar-refractivity contribution in [3.05, 3.63) is 24.0 Å². The summed E-state index contributed by atoms with van der Waals surface area (Å²) in [5, 5.41) is 3.77. The topological polar surface area (TPSA) is 67.3 Å². The van der Waals surface area contributed by atoms with Crippen LogP contribution in [0.15, 0.2) is 18.5 Å². The molecule has 0 unspecified atom stereocenters. The van der Waals surface area contributed by atoms with Crippen LogP contribution in [0.1, 0.15) is 5.56 Å². The highest BCUT2D eigenvalue weighted by Gasteiger charge is 2.07. The van der Waals surface area contributed by atoms with Crippen molar-refractivity contribution in [1.29, 1.82) is 0 Å². The Morgan fingerprint density at radius 3 is 3.07 bits per heavy atom. The summed E-state index contributed by atoms with van der Waals surface area (Å²) in [6.45, 7) is 2.00. The lowest BCUT2D eigenvalue weighted by Crippen LogP contribution is -1.77. The van der Waals surface area contributed by atoms with Crippen molar-refractivity contribution in [2.24, 2.45) is 0 Å². The molecular weight excluding hydrogens is 210 g/mol. The average molecular weight is 217 g/mol. The van der Waals surface area contributed by atoms with Crippen molar-refractivity contribution in [2.45, 2.75) is 6.92 Å². The standard InChI is InChI=1S/C9H7N5S/c1-5-2-6-8(10-3-5)13-9(12-6)7-4-11-14-15-7/h2-4H,1H3,(H,10,12,13). The second kappa shape index (κ2) is 3.09. The summed E-state index contributed by atoms with van der Waals surface area (Å²) in [7, 11) is 0. The molecule has 6 heteroatoms. The number of hydrogen-bond acceptors (Lipinski definition) is 5. The number of hydrogen-bond donors (Lipinski definition) is 1. The summed E-state index contributed by atoms with van der Waals surface area (Å²) in [5.74, 6) is 0.776. The zero-order valence-corrected chi connectivity index (χ0v) is 8.75. The predicted molar refractivity (Wildman–Crippen MR) is 57.5 cm³/mol. The van der Waals surface area contributed by atoms with E-state index >= 15 is 0 Å². The van der Waals surface area contributed by atoms with Gasteiger partial charge in [0.05, 0.1) is 11.7 Å². The normalized spacial score (nSPS) is 11.0. The van der Waals surface area contributed by atoms with E-state index in [1.165, 1.54) is 11.5 Å². The smallest absolute Gasteiger partial charge is 0.178 e. The minimum Gasteiger partial charge on any atom is -0.336 e. The van der Waals surface area contributed by atoms with E-state index in [2.05, 4.69) is 24.5 Å². The van der Waals surface area contributed by atoms with Gasteiger partial charge < -0.3 is 4.98 Å². The van der Waals surface area contributed by atoms with Gasteiger partial charge in [0, 0.05) is 6.20 Å². The van der Waals surface area contributed by atoms with Crippen LogP contribution < -0.4 is 0 Å². The maximum absolute atomic E-state index is 4.36. The number of aryl methyl sites for hydroxylation is 1. The first-order valence-corrected chi connectivity index (χ1v) is 5.20. The Morgan fingerprint density at radius 2 is 2.27 bits per heavy atom. The monoisotopic (exact) mass is 217 g/mol. The van der Waals surface area contributed by atoms with Crippen LogP contribution in [0, 0.1) is 6.92 Å². The molecule has 0 amide bonds. The fraction of sp³-hybridized carbons (Fsp3) is 0.111. The van der Waals surface area contributed by atoms with Crippen LogP contribution in [0.3, 0.4) is 0 Å². The summed E-state index contributed by atoms with van der Waals surface area (Å²) in [4.78, 5) is 12.7. The molecule has 5 nitrogen and oxygen atoms in total. The highest BCUT2D eigenvalue weighted by Crippen LogP contribution is 2.21. The Balaban J connectivity index is 2.22. The molecule has 0 atom stereocenters. The van der Waals surface area contributed by atoms with Gasteiger partial charge in [0.25, 0.3) is 0 Å². The third-order valence-electron chi connectivity index (χ3n) is 2.07. The largest absolute Gasteiger partial charge is 0.336 e. The van der Waals surface area contributed by atoms with E-state index < -0.39 is 0 Å². The number of pyridine rings is 1. The van der Waals surface area contributed by atoms with Gasteiger partial charge in [-0.2, -0.15) is 0 Å². The predicted octanol–water partition coefficient (Wildman–Crippen LogP) is 1.78. The van der Waals surface area contributed by atoms with Gasteiger partial charge in [-0.3, -0.25) is 0 Å². The number of aromatic amines is 1. The van der Waals surface area contributed by atoms with Crippen molar-refractivity contribution >= 4 is 22.7 Å². The second-order valence-electron chi connectivity index (χ2n) is 3.25. The maximum Gasteiger partial charge on any atom is 0.178 e. The van der Waals surface area contributed by atoms with E-state index in [0.29, 0.717) is 0 Å². The van der Waals surface area contributed by atoms with E-state index in [9.17, 15) is 0 Å². The van der Waals surface area contributed by atoms with Crippen LogP contribution in [-0.2, 0) is 0 Å². The number of fused-ring (bicyclic) bond motifs is 1. The summed E-state index contributed by atoms with van der Waals surface area (Å²) in [5.41, 5.74) is 2.78. The van der Waals surface area contributed by atoms with Crippen LogP contribution in [0.2, 0.25) is 0 Å². The van der Waals surface area contributed by atoms with Crippen molar-refractivity contribution in [3.8, 4) is 10.7 Å². The number of rotatable bonds is 1. The Morgan fingerprint density at radius 1 is 1.33 bits per heavy atom. The average Bonchev–Trinajstić information content (AvgIpc) is 2.84. The Bertz CT molecular complexity index is 598. The van der Waals surface area contributed by atoms with E-state index in [1.54, 1.807) is 12.4 Å². The molecule has 0 aliphatic carbocycles. The molecule has 0 spiro atoms. The van der Waals surface area contributed by atoms with Gasteiger partial charge in [0.15, 0.2) is 11.5 Å². The summed E-state index contributed by atoms with van der Waals surface area (Å²) in [6, 6.07) is 2.02. The van der Waals surface area contributed by atoms with Gasteiger partial charge in [-0.15, -0.1) is 5.10 Å². The van der Waals surface area contributed by atoms with E-state index in [1.807, 2.05) is 13.0 Å². The lowest BCUT2D eigenvalue weighted by atomic mass is 10.3. The molecule has 0 aliphatic heterocycles. The second-order valence-corrected chi connectivity index (χ2v) is 4.04. The van der Waals surface area contributed by atoms with Crippen molar-refractivity contribution < 1.29 is 0 Å². The van der Waals surface area contributed by atoms with Gasteiger partial charge in [-0.1, -0.05) is 4.49 Å². The number of H-pyrrole nitrogens is 1. The van der Waals surface area contributed by atoms with E-state index in [0.717, 1.165) is 27.4 Å². The highest BCUT2D eigenvalue weighted by molar-refractivity contribution is 7.09.